The summed E-state index contributed by atoms with van der Waals surface area (Å²) in [5.41, 5.74) is 1.03. The second-order valence-corrected chi connectivity index (χ2v) is 7.18. The van der Waals surface area contributed by atoms with Crippen LogP contribution in [0.15, 0.2) is 48.5 Å². The highest BCUT2D eigenvalue weighted by Gasteiger charge is 2.48. The lowest BCUT2D eigenvalue weighted by atomic mass is 10.1. The van der Waals surface area contributed by atoms with Crippen molar-refractivity contribution in [2.45, 2.75) is 31.6 Å². The smallest absolute Gasteiger partial charge is 0.324 e. The van der Waals surface area contributed by atoms with Gasteiger partial charge >= 0.3 is 6.18 Å². The number of carbonyl (C=O) groups excluding carboxylic acids is 2. The van der Waals surface area contributed by atoms with Gasteiger partial charge in [0.15, 0.2) is 0 Å². The Morgan fingerprint density at radius 1 is 1.24 bits per heavy atom. The summed E-state index contributed by atoms with van der Waals surface area (Å²) in [7, 11) is 0. The van der Waals surface area contributed by atoms with Crippen molar-refractivity contribution in [2.24, 2.45) is 0 Å². The van der Waals surface area contributed by atoms with Crippen LogP contribution in [0.25, 0.3) is 0 Å². The third-order valence-corrected chi connectivity index (χ3v) is 4.96. The van der Waals surface area contributed by atoms with Gasteiger partial charge in [-0.15, -0.1) is 0 Å². The molecule has 0 aliphatic carbocycles. The minimum absolute atomic E-state index is 0.0200. The number of hydrogen-bond donors (Lipinski definition) is 2. The van der Waals surface area contributed by atoms with Gasteiger partial charge in [-0.3, -0.25) is 14.5 Å². The first-order valence-electron chi connectivity index (χ1n) is 8.93. The van der Waals surface area contributed by atoms with Crippen LogP contribution in [0.1, 0.15) is 24.9 Å². The molecule has 1 aliphatic heterocycles. The van der Waals surface area contributed by atoms with E-state index in [0.717, 1.165) is 5.56 Å². The second kappa shape index (κ2) is 8.42. The zero-order chi connectivity index (χ0) is 21.2. The first-order chi connectivity index (χ1) is 13.7. The van der Waals surface area contributed by atoms with E-state index in [4.69, 9.17) is 11.6 Å². The summed E-state index contributed by atoms with van der Waals surface area (Å²) in [5.74, 6) is -1.57. The Hall–Kier alpha value is -2.58. The molecule has 0 unspecified atom stereocenters. The van der Waals surface area contributed by atoms with Crippen LogP contribution in [0.4, 0.5) is 24.5 Å². The molecule has 0 bridgehead atoms. The monoisotopic (exact) mass is 425 g/mol. The quantitative estimate of drug-likeness (QED) is 0.768. The summed E-state index contributed by atoms with van der Waals surface area (Å²) in [5, 5.41) is 5.94. The third kappa shape index (κ3) is 4.89. The number of rotatable bonds is 4. The highest BCUT2D eigenvalue weighted by Crippen LogP contribution is 2.37. The van der Waals surface area contributed by atoms with Gasteiger partial charge in [-0.1, -0.05) is 35.9 Å². The normalized spacial score (nSPS) is 17.9. The SMILES string of the molecule is C[C@@H](NCC(=O)N1c2ccccc2NC(=O)C[C@H]1C(F)(F)F)c1ccc(Cl)cc1. The van der Waals surface area contributed by atoms with Gasteiger partial charge in [-0.25, -0.2) is 0 Å². The average Bonchev–Trinajstić information content (AvgIpc) is 2.82. The van der Waals surface area contributed by atoms with Gasteiger partial charge in [0, 0.05) is 11.1 Å². The van der Waals surface area contributed by atoms with Crippen molar-refractivity contribution in [1.29, 1.82) is 0 Å². The Kier molecular flexibility index (Phi) is 6.14. The summed E-state index contributed by atoms with van der Waals surface area (Å²) >= 11 is 5.86. The number of halogens is 4. The number of nitrogens with one attached hydrogen (secondary N) is 2. The summed E-state index contributed by atoms with van der Waals surface area (Å²) in [6, 6.07) is 10.4. The van der Waals surface area contributed by atoms with Crippen molar-refractivity contribution in [3.05, 3.63) is 59.1 Å². The molecule has 1 heterocycles. The topological polar surface area (TPSA) is 61.4 Å². The molecule has 0 aromatic heterocycles. The van der Waals surface area contributed by atoms with Gasteiger partial charge < -0.3 is 10.6 Å². The molecule has 0 radical (unpaired) electrons. The molecule has 0 fully saturated rings. The first-order valence-corrected chi connectivity index (χ1v) is 9.31. The minimum atomic E-state index is -4.76. The van der Waals surface area contributed by atoms with Crippen LogP contribution in [0.5, 0.6) is 0 Å². The predicted octanol–water partition coefficient (Wildman–Crippen LogP) is 4.30. The van der Waals surface area contributed by atoms with Crippen molar-refractivity contribution < 1.29 is 22.8 Å². The predicted molar refractivity (Wildman–Crippen MR) is 105 cm³/mol. The Bertz CT molecular complexity index is 903. The molecule has 2 N–H and O–H groups in total. The van der Waals surface area contributed by atoms with Crippen molar-refractivity contribution in [3.8, 4) is 0 Å². The van der Waals surface area contributed by atoms with E-state index in [9.17, 15) is 22.8 Å². The molecule has 0 spiro atoms. The maximum Gasteiger partial charge on any atom is 0.409 e. The van der Waals surface area contributed by atoms with Crippen LogP contribution < -0.4 is 15.5 Å². The first kappa shape index (κ1) is 21.1. The Morgan fingerprint density at radius 2 is 1.90 bits per heavy atom. The fourth-order valence-corrected chi connectivity index (χ4v) is 3.32. The Morgan fingerprint density at radius 3 is 2.55 bits per heavy atom. The number of alkyl halides is 3. The van der Waals surface area contributed by atoms with Gasteiger partial charge in [-0.05, 0) is 36.8 Å². The van der Waals surface area contributed by atoms with E-state index < -0.39 is 30.5 Å². The number of anilines is 2. The van der Waals surface area contributed by atoms with Crippen LogP contribution in [0.3, 0.4) is 0 Å². The zero-order valence-corrected chi connectivity index (χ0v) is 16.2. The number of fused-ring (bicyclic) bond motifs is 1. The number of hydrogen-bond acceptors (Lipinski definition) is 3. The lowest BCUT2D eigenvalue weighted by molar-refractivity contribution is -0.157. The van der Waals surface area contributed by atoms with E-state index in [2.05, 4.69) is 10.6 Å². The minimum Gasteiger partial charge on any atom is -0.324 e. The molecule has 2 aromatic carbocycles. The van der Waals surface area contributed by atoms with Crippen molar-refractivity contribution in [3.63, 3.8) is 0 Å². The summed E-state index contributed by atoms with van der Waals surface area (Å²) in [4.78, 5) is 25.5. The van der Waals surface area contributed by atoms with Crippen LogP contribution in [-0.4, -0.2) is 30.6 Å². The molecule has 9 heteroatoms. The standard InChI is InChI=1S/C20H19ClF3N3O2/c1-12(13-6-8-14(21)9-7-13)25-11-19(29)27-16-5-3-2-4-15(16)26-18(28)10-17(27)20(22,23)24/h2-9,12,17,25H,10-11H2,1H3,(H,26,28)/t12-,17+/m1/s1. The van der Waals surface area contributed by atoms with Gasteiger partial charge in [0.05, 0.1) is 24.3 Å². The third-order valence-electron chi connectivity index (χ3n) is 4.70. The van der Waals surface area contributed by atoms with E-state index in [0.29, 0.717) is 9.92 Å². The number of benzene rings is 2. The summed E-state index contributed by atoms with van der Waals surface area (Å²) in [6.45, 7) is 1.46. The molecule has 154 valence electrons. The molecule has 5 nitrogen and oxygen atoms in total. The fourth-order valence-electron chi connectivity index (χ4n) is 3.19. The summed E-state index contributed by atoms with van der Waals surface area (Å²) in [6.07, 6.45) is -5.62. The zero-order valence-electron chi connectivity index (χ0n) is 15.5. The largest absolute Gasteiger partial charge is 0.409 e. The molecule has 1 aliphatic rings. The van der Waals surface area contributed by atoms with Crippen molar-refractivity contribution in [1.82, 2.24) is 5.32 Å². The molecule has 2 aromatic rings. The molecule has 0 saturated carbocycles. The lowest BCUT2D eigenvalue weighted by Gasteiger charge is -2.32. The van der Waals surface area contributed by atoms with E-state index in [1.807, 2.05) is 0 Å². The highest BCUT2D eigenvalue weighted by molar-refractivity contribution is 6.30. The molecular weight excluding hydrogens is 407 g/mol. The average molecular weight is 426 g/mol. The van der Waals surface area contributed by atoms with Gasteiger partial charge in [0.25, 0.3) is 0 Å². The molecule has 3 rings (SSSR count). The number of amides is 2. The van der Waals surface area contributed by atoms with Crippen LogP contribution in [0.2, 0.25) is 5.02 Å². The van der Waals surface area contributed by atoms with Crippen LogP contribution in [0, 0.1) is 0 Å². The van der Waals surface area contributed by atoms with E-state index in [1.54, 1.807) is 37.3 Å². The number of carbonyl (C=O) groups is 2. The maximum atomic E-state index is 13.7. The van der Waals surface area contributed by atoms with E-state index >= 15 is 0 Å². The molecular formula is C20H19ClF3N3O2. The molecule has 2 atom stereocenters. The van der Waals surface area contributed by atoms with Gasteiger partial charge in [0.1, 0.15) is 6.04 Å². The lowest BCUT2D eigenvalue weighted by Crippen LogP contribution is -2.52. The highest BCUT2D eigenvalue weighted by atomic mass is 35.5. The molecule has 29 heavy (non-hydrogen) atoms. The van der Waals surface area contributed by atoms with E-state index in [-0.39, 0.29) is 24.0 Å². The molecule has 2 amide bonds. The summed E-state index contributed by atoms with van der Waals surface area (Å²) < 4.78 is 41.1. The van der Waals surface area contributed by atoms with Crippen LogP contribution in [-0.2, 0) is 9.59 Å². The van der Waals surface area contributed by atoms with Gasteiger partial charge in [0.2, 0.25) is 11.8 Å². The maximum absolute atomic E-state index is 13.7. The second-order valence-electron chi connectivity index (χ2n) is 6.74. The van der Waals surface area contributed by atoms with E-state index in [1.165, 1.54) is 18.2 Å². The van der Waals surface area contributed by atoms with Gasteiger partial charge in [-0.2, -0.15) is 13.2 Å². The number of nitrogens with zero attached hydrogens (tertiary/aromatic N) is 1. The van der Waals surface area contributed by atoms with Crippen molar-refractivity contribution in [2.75, 3.05) is 16.8 Å². The van der Waals surface area contributed by atoms with Crippen LogP contribution >= 0.6 is 11.6 Å². The Labute approximate surface area is 170 Å². The fraction of sp³-hybridized carbons (Fsp3) is 0.300. The van der Waals surface area contributed by atoms with Crippen molar-refractivity contribution >= 4 is 34.8 Å². The number of para-hydroxylation sites is 2. The molecule has 0 saturated heterocycles. The Balaban J connectivity index is 1.85.